The molecule has 0 aliphatic rings. The topological polar surface area (TPSA) is 45.0 Å². The van der Waals surface area contributed by atoms with E-state index in [1.54, 1.807) is 0 Å². The van der Waals surface area contributed by atoms with Gasteiger partial charge in [0, 0.05) is 0 Å². The molecule has 0 radical (unpaired) electrons. The average Bonchev–Trinajstić information content (AvgIpc) is 2.49. The number of hydrogen-bond donors (Lipinski definition) is 1. The fourth-order valence-electron chi connectivity index (χ4n) is 2.22. The van der Waals surface area contributed by atoms with E-state index < -0.39 is 0 Å². The number of nitrogens with zero attached hydrogens (tertiary/aromatic N) is 2. The molecule has 0 heterocycles. The first-order valence-electron chi connectivity index (χ1n) is 7.41. The van der Waals surface area contributed by atoms with Crippen molar-refractivity contribution >= 4 is 11.4 Å². The van der Waals surface area contributed by atoms with Crippen LogP contribution in [0.3, 0.4) is 0 Å². The summed E-state index contributed by atoms with van der Waals surface area (Å²) in [6.45, 7) is 5.93. The van der Waals surface area contributed by atoms with Gasteiger partial charge >= 0.3 is 0 Å². The smallest absolute Gasteiger partial charge is 0.121 e. The third kappa shape index (κ3) is 4.15. The maximum Gasteiger partial charge on any atom is 0.121 e. The van der Waals surface area contributed by atoms with E-state index in [0.717, 1.165) is 28.9 Å². The predicted octanol–water partition coefficient (Wildman–Crippen LogP) is 5.77. The first-order chi connectivity index (χ1) is 10.1. The van der Waals surface area contributed by atoms with E-state index in [9.17, 15) is 5.11 Å². The summed E-state index contributed by atoms with van der Waals surface area (Å²) in [4.78, 5) is 0. The molecule has 1 N–H and O–H groups in total. The zero-order chi connectivity index (χ0) is 15.2. The van der Waals surface area contributed by atoms with Crippen LogP contribution in [0.15, 0.2) is 46.6 Å². The summed E-state index contributed by atoms with van der Waals surface area (Å²) < 4.78 is 0. The molecule has 0 bridgehead atoms. The molecule has 2 aromatic rings. The van der Waals surface area contributed by atoms with Crippen molar-refractivity contribution in [3.63, 3.8) is 0 Å². The minimum atomic E-state index is 0.328. The Kier molecular flexibility index (Phi) is 5.09. The van der Waals surface area contributed by atoms with Gasteiger partial charge in [-0.05, 0) is 67.6 Å². The van der Waals surface area contributed by atoms with E-state index in [-0.39, 0.29) is 0 Å². The summed E-state index contributed by atoms with van der Waals surface area (Å²) in [6.07, 6.45) is 3.54. The van der Waals surface area contributed by atoms with Crippen molar-refractivity contribution in [2.24, 2.45) is 10.2 Å². The lowest BCUT2D eigenvalue weighted by Gasteiger charge is -2.03. The Balaban J connectivity index is 2.10. The van der Waals surface area contributed by atoms with Crippen LogP contribution in [0.5, 0.6) is 5.75 Å². The van der Waals surface area contributed by atoms with Crippen LogP contribution in [-0.2, 0) is 6.42 Å². The van der Waals surface area contributed by atoms with Crippen LogP contribution in [0.25, 0.3) is 0 Å². The first kappa shape index (κ1) is 15.2. The molecule has 21 heavy (non-hydrogen) atoms. The number of hydrogen-bond acceptors (Lipinski definition) is 3. The Morgan fingerprint density at radius 3 is 2.05 bits per heavy atom. The maximum absolute atomic E-state index is 9.75. The molecule has 0 atom stereocenters. The van der Waals surface area contributed by atoms with E-state index in [1.165, 1.54) is 18.4 Å². The Labute approximate surface area is 126 Å². The van der Waals surface area contributed by atoms with Crippen LogP contribution < -0.4 is 0 Å². The number of benzene rings is 2. The van der Waals surface area contributed by atoms with Crippen molar-refractivity contribution in [1.29, 1.82) is 0 Å². The number of aromatic hydroxyl groups is 1. The maximum atomic E-state index is 9.75. The molecule has 110 valence electrons. The van der Waals surface area contributed by atoms with Gasteiger partial charge < -0.3 is 5.11 Å². The van der Waals surface area contributed by atoms with Crippen molar-refractivity contribution in [3.05, 3.63) is 53.1 Å². The molecule has 0 amide bonds. The molecule has 2 rings (SSSR count). The number of unbranched alkanes of at least 4 members (excludes halogenated alkanes) is 1. The molecule has 0 aliphatic carbocycles. The minimum Gasteiger partial charge on any atom is -0.507 e. The standard InChI is InChI=1S/C18H22N2O/c1-4-5-6-15-7-9-16(10-8-15)19-20-17-11-13(2)18(21)14(3)12-17/h7-12,21H,4-6H2,1-3H3. The third-order valence-corrected chi connectivity index (χ3v) is 3.51. The van der Waals surface area contributed by atoms with E-state index in [2.05, 4.69) is 29.3 Å². The second-order valence-corrected chi connectivity index (χ2v) is 5.40. The van der Waals surface area contributed by atoms with Crippen LogP contribution >= 0.6 is 0 Å². The quantitative estimate of drug-likeness (QED) is 0.695. The summed E-state index contributed by atoms with van der Waals surface area (Å²) in [5.74, 6) is 0.328. The van der Waals surface area contributed by atoms with Gasteiger partial charge in [-0.25, -0.2) is 0 Å². The molecule has 0 saturated heterocycles. The Bertz CT molecular complexity index is 607. The van der Waals surface area contributed by atoms with Gasteiger partial charge in [0.1, 0.15) is 5.75 Å². The Hall–Kier alpha value is -2.16. The number of aryl methyl sites for hydroxylation is 3. The zero-order valence-electron chi connectivity index (χ0n) is 12.9. The highest BCUT2D eigenvalue weighted by Crippen LogP contribution is 2.28. The Morgan fingerprint density at radius 2 is 1.48 bits per heavy atom. The largest absolute Gasteiger partial charge is 0.507 e. The van der Waals surface area contributed by atoms with E-state index in [4.69, 9.17) is 0 Å². The summed E-state index contributed by atoms with van der Waals surface area (Å²) in [5, 5.41) is 18.2. The molecule has 0 aromatic heterocycles. The predicted molar refractivity (Wildman–Crippen MR) is 86.8 cm³/mol. The van der Waals surface area contributed by atoms with Gasteiger partial charge in [-0.15, -0.1) is 0 Å². The molecule has 2 aromatic carbocycles. The molecule has 0 saturated carbocycles. The molecule has 0 spiro atoms. The molecule has 0 unspecified atom stereocenters. The van der Waals surface area contributed by atoms with Gasteiger partial charge in [0.15, 0.2) is 0 Å². The van der Waals surface area contributed by atoms with E-state index in [1.807, 2.05) is 38.1 Å². The number of phenolic OH excluding ortho intramolecular Hbond substituents is 1. The van der Waals surface area contributed by atoms with Crippen LogP contribution in [0.1, 0.15) is 36.5 Å². The van der Waals surface area contributed by atoms with Crippen LogP contribution in [0.2, 0.25) is 0 Å². The average molecular weight is 282 g/mol. The van der Waals surface area contributed by atoms with Gasteiger partial charge in [-0.2, -0.15) is 10.2 Å². The summed E-state index contributed by atoms with van der Waals surface area (Å²) in [5.41, 5.74) is 4.58. The molecule has 0 aliphatic heterocycles. The van der Waals surface area contributed by atoms with Crippen LogP contribution in [0.4, 0.5) is 11.4 Å². The van der Waals surface area contributed by atoms with Crippen molar-refractivity contribution in [2.75, 3.05) is 0 Å². The van der Waals surface area contributed by atoms with E-state index in [0.29, 0.717) is 5.75 Å². The monoisotopic (exact) mass is 282 g/mol. The lowest BCUT2D eigenvalue weighted by molar-refractivity contribution is 0.467. The number of phenols is 1. The molecule has 3 nitrogen and oxygen atoms in total. The van der Waals surface area contributed by atoms with Gasteiger partial charge in [-0.3, -0.25) is 0 Å². The highest BCUT2D eigenvalue weighted by Gasteiger charge is 2.02. The highest BCUT2D eigenvalue weighted by atomic mass is 16.3. The van der Waals surface area contributed by atoms with Gasteiger partial charge in [0.25, 0.3) is 0 Å². The normalized spacial score (nSPS) is 11.2. The fraction of sp³-hybridized carbons (Fsp3) is 0.333. The van der Waals surface area contributed by atoms with Gasteiger partial charge in [-0.1, -0.05) is 25.5 Å². The fourth-order valence-corrected chi connectivity index (χ4v) is 2.22. The highest BCUT2D eigenvalue weighted by molar-refractivity contribution is 5.51. The molecular weight excluding hydrogens is 260 g/mol. The van der Waals surface area contributed by atoms with Gasteiger partial charge in [0.05, 0.1) is 11.4 Å². The summed E-state index contributed by atoms with van der Waals surface area (Å²) >= 11 is 0. The van der Waals surface area contributed by atoms with Crippen molar-refractivity contribution in [1.82, 2.24) is 0 Å². The molecule has 3 heteroatoms. The summed E-state index contributed by atoms with van der Waals surface area (Å²) in [7, 11) is 0. The number of azo groups is 1. The van der Waals surface area contributed by atoms with Gasteiger partial charge in [0.2, 0.25) is 0 Å². The van der Waals surface area contributed by atoms with E-state index >= 15 is 0 Å². The minimum absolute atomic E-state index is 0.328. The van der Waals surface area contributed by atoms with Crippen LogP contribution in [0, 0.1) is 13.8 Å². The van der Waals surface area contributed by atoms with Crippen molar-refractivity contribution in [3.8, 4) is 5.75 Å². The van der Waals surface area contributed by atoms with Crippen molar-refractivity contribution < 1.29 is 5.11 Å². The SMILES string of the molecule is CCCCc1ccc(N=Nc2cc(C)c(O)c(C)c2)cc1. The Morgan fingerprint density at radius 1 is 0.905 bits per heavy atom. The first-order valence-corrected chi connectivity index (χ1v) is 7.41. The number of rotatable bonds is 5. The van der Waals surface area contributed by atoms with Crippen molar-refractivity contribution in [2.45, 2.75) is 40.0 Å². The second kappa shape index (κ2) is 7.02. The molecular formula is C18H22N2O. The molecule has 0 fully saturated rings. The lowest BCUT2D eigenvalue weighted by atomic mass is 10.1. The second-order valence-electron chi connectivity index (χ2n) is 5.40. The summed E-state index contributed by atoms with van der Waals surface area (Å²) in [6, 6.07) is 11.9. The zero-order valence-corrected chi connectivity index (χ0v) is 12.9. The van der Waals surface area contributed by atoms with Crippen LogP contribution in [-0.4, -0.2) is 5.11 Å². The third-order valence-electron chi connectivity index (χ3n) is 3.51. The lowest BCUT2D eigenvalue weighted by Crippen LogP contribution is -1.82.